The first-order chi connectivity index (χ1) is 10.4. The molecule has 2 rings (SSSR count). The van der Waals surface area contributed by atoms with Crippen molar-refractivity contribution in [2.75, 3.05) is 19.6 Å². The predicted octanol–water partition coefficient (Wildman–Crippen LogP) is 4.05. The summed E-state index contributed by atoms with van der Waals surface area (Å²) in [6.45, 7) is 11.0. The summed E-state index contributed by atoms with van der Waals surface area (Å²) in [7, 11) is 0. The summed E-state index contributed by atoms with van der Waals surface area (Å²) >= 11 is 6.49. The smallest absolute Gasteiger partial charge is 0.232 e. The number of halogens is 1. The van der Waals surface area contributed by atoms with Crippen LogP contribution in [0.25, 0.3) is 0 Å². The highest BCUT2D eigenvalue weighted by molar-refractivity contribution is 6.29. The van der Waals surface area contributed by atoms with Crippen LogP contribution in [0.15, 0.2) is 23.9 Å². The molecule has 2 saturated heterocycles. The van der Waals surface area contributed by atoms with Gasteiger partial charge in [0.15, 0.2) is 0 Å². The van der Waals surface area contributed by atoms with E-state index in [-0.39, 0.29) is 16.7 Å². The molecule has 0 aromatic heterocycles. The first-order valence-corrected chi connectivity index (χ1v) is 8.75. The van der Waals surface area contributed by atoms with E-state index < -0.39 is 0 Å². The zero-order valence-electron chi connectivity index (χ0n) is 14.0. The Morgan fingerprint density at radius 1 is 1.41 bits per heavy atom. The number of rotatable bonds is 5. The van der Waals surface area contributed by atoms with Crippen molar-refractivity contribution in [3.63, 3.8) is 0 Å². The maximum atomic E-state index is 12.7. The third-order valence-electron chi connectivity index (χ3n) is 5.08. The minimum Gasteiger partial charge on any atom is -0.317 e. The van der Waals surface area contributed by atoms with Crippen LogP contribution in [0, 0.1) is 10.8 Å². The fraction of sp³-hybridized carbons (Fsp3) is 0.722. The lowest BCUT2D eigenvalue weighted by molar-refractivity contribution is -0.141. The van der Waals surface area contributed by atoms with Gasteiger partial charge in [-0.15, -0.1) is 6.58 Å². The molecule has 1 N–H and O–H groups in total. The van der Waals surface area contributed by atoms with Gasteiger partial charge in [-0.2, -0.15) is 0 Å². The molecule has 0 aromatic rings. The number of nitrogens with one attached hydrogen (secondary N) is 1. The van der Waals surface area contributed by atoms with Crippen LogP contribution in [0.5, 0.6) is 0 Å². The van der Waals surface area contributed by atoms with Crippen LogP contribution in [0.3, 0.4) is 0 Å². The molecule has 0 spiro atoms. The van der Waals surface area contributed by atoms with Gasteiger partial charge in [-0.25, -0.2) is 0 Å². The van der Waals surface area contributed by atoms with Gasteiger partial charge in [-0.1, -0.05) is 31.5 Å². The maximum absolute atomic E-state index is 12.7. The zero-order chi connectivity index (χ0) is 16.2. The Morgan fingerprint density at radius 2 is 2.18 bits per heavy atom. The monoisotopic (exact) mass is 324 g/mol. The van der Waals surface area contributed by atoms with Gasteiger partial charge in [-0.3, -0.25) is 4.79 Å². The minimum absolute atomic E-state index is 0.184. The van der Waals surface area contributed by atoms with Gasteiger partial charge >= 0.3 is 0 Å². The van der Waals surface area contributed by atoms with Crippen molar-refractivity contribution < 1.29 is 4.79 Å². The summed E-state index contributed by atoms with van der Waals surface area (Å²) in [6, 6.07) is 0. The van der Waals surface area contributed by atoms with Gasteiger partial charge in [0.2, 0.25) is 5.91 Å². The highest BCUT2D eigenvalue weighted by Crippen LogP contribution is 2.37. The van der Waals surface area contributed by atoms with E-state index in [0.717, 1.165) is 50.3 Å². The highest BCUT2D eigenvalue weighted by atomic mass is 35.5. The molecule has 4 heteroatoms. The number of carbonyl (C=O) groups excluding carboxylic acids is 1. The Morgan fingerprint density at radius 3 is 2.82 bits per heavy atom. The van der Waals surface area contributed by atoms with Crippen LogP contribution in [0.1, 0.15) is 52.4 Å². The molecule has 3 nitrogen and oxygen atoms in total. The summed E-state index contributed by atoms with van der Waals surface area (Å²) in [5, 5.41) is 4.24. The van der Waals surface area contributed by atoms with Gasteiger partial charge in [-0.05, 0) is 50.5 Å². The van der Waals surface area contributed by atoms with E-state index in [4.69, 9.17) is 11.6 Å². The minimum atomic E-state index is -0.316. The summed E-state index contributed by atoms with van der Waals surface area (Å²) in [5.74, 6) is 0.184. The molecule has 2 fully saturated rings. The molecule has 0 unspecified atom stereocenters. The summed E-state index contributed by atoms with van der Waals surface area (Å²) in [5.41, 5.74) is -0.112. The van der Waals surface area contributed by atoms with Crippen molar-refractivity contribution >= 4 is 17.5 Å². The molecule has 2 heterocycles. The molecule has 0 bridgehead atoms. The number of hydrogen-bond acceptors (Lipinski definition) is 2. The standard InChI is InChI=1S/C18H29ClN2O/c1-4-7-18(3)9-6-11-21(16(18)22)13-15(19)12-17(2)8-5-10-20-14-17/h4,13,20H,1,5-12,14H2,2-3H3/b15-13-/t17-,18+/m0/s1. The van der Waals surface area contributed by atoms with Crippen molar-refractivity contribution in [3.05, 3.63) is 23.9 Å². The molecule has 22 heavy (non-hydrogen) atoms. The molecule has 0 aliphatic carbocycles. The van der Waals surface area contributed by atoms with Crippen molar-refractivity contribution in [2.24, 2.45) is 10.8 Å². The largest absolute Gasteiger partial charge is 0.317 e. The molecule has 0 radical (unpaired) electrons. The second-order valence-corrected chi connectivity index (χ2v) is 7.98. The average Bonchev–Trinajstić information content (AvgIpc) is 2.44. The van der Waals surface area contributed by atoms with E-state index in [1.165, 1.54) is 12.8 Å². The van der Waals surface area contributed by atoms with Crippen molar-refractivity contribution in [1.82, 2.24) is 10.2 Å². The van der Waals surface area contributed by atoms with E-state index in [2.05, 4.69) is 18.8 Å². The number of piperidine rings is 2. The van der Waals surface area contributed by atoms with Gasteiger partial charge in [0.05, 0.1) is 5.41 Å². The van der Waals surface area contributed by atoms with Gasteiger partial charge < -0.3 is 10.2 Å². The first kappa shape index (κ1) is 17.6. The van der Waals surface area contributed by atoms with Crippen LogP contribution < -0.4 is 5.32 Å². The Labute approximate surface area is 139 Å². The van der Waals surface area contributed by atoms with Gasteiger partial charge in [0, 0.05) is 24.3 Å². The number of likely N-dealkylation sites (tertiary alicyclic amines) is 1. The number of amides is 1. The van der Waals surface area contributed by atoms with Crippen LogP contribution in [-0.2, 0) is 4.79 Å². The summed E-state index contributed by atoms with van der Waals surface area (Å²) < 4.78 is 0. The molecule has 124 valence electrons. The molecular weight excluding hydrogens is 296 g/mol. The Hall–Kier alpha value is -0.800. The van der Waals surface area contributed by atoms with Gasteiger partial charge in [0.25, 0.3) is 0 Å². The third-order valence-corrected chi connectivity index (χ3v) is 5.31. The number of hydrogen-bond donors (Lipinski definition) is 1. The molecule has 1 amide bonds. The Bertz CT molecular complexity index is 454. The molecule has 2 aliphatic rings. The molecular formula is C18H29ClN2O. The Balaban J connectivity index is 2.03. The summed E-state index contributed by atoms with van der Waals surface area (Å²) in [6.07, 6.45) is 9.63. The van der Waals surface area contributed by atoms with E-state index in [0.29, 0.717) is 0 Å². The number of carbonyl (C=O) groups is 1. The topological polar surface area (TPSA) is 32.3 Å². The average molecular weight is 325 g/mol. The van der Waals surface area contributed by atoms with Crippen LogP contribution in [-0.4, -0.2) is 30.4 Å². The van der Waals surface area contributed by atoms with E-state index in [9.17, 15) is 4.79 Å². The van der Waals surface area contributed by atoms with Gasteiger partial charge in [0.1, 0.15) is 0 Å². The number of allylic oxidation sites excluding steroid dienone is 2. The fourth-order valence-corrected chi connectivity index (χ4v) is 4.16. The Kier molecular flexibility index (Phi) is 5.73. The predicted molar refractivity (Wildman–Crippen MR) is 92.6 cm³/mol. The van der Waals surface area contributed by atoms with Crippen LogP contribution in [0.4, 0.5) is 0 Å². The highest BCUT2D eigenvalue weighted by Gasteiger charge is 2.38. The van der Waals surface area contributed by atoms with Crippen molar-refractivity contribution in [1.29, 1.82) is 0 Å². The lowest BCUT2D eigenvalue weighted by Crippen LogP contribution is -2.44. The van der Waals surface area contributed by atoms with E-state index in [1.54, 1.807) is 0 Å². The second kappa shape index (κ2) is 7.18. The SMILES string of the molecule is C=CC[C@]1(C)CCCN(/C=C(\Cl)C[C@]2(C)CCCNC2)C1=O. The molecule has 0 saturated carbocycles. The quantitative estimate of drug-likeness (QED) is 0.774. The lowest BCUT2D eigenvalue weighted by Gasteiger charge is -2.38. The normalized spacial score (nSPS) is 33.9. The lowest BCUT2D eigenvalue weighted by atomic mass is 9.78. The third kappa shape index (κ3) is 4.14. The number of nitrogens with zero attached hydrogens (tertiary/aromatic N) is 1. The first-order valence-electron chi connectivity index (χ1n) is 8.37. The van der Waals surface area contributed by atoms with Crippen molar-refractivity contribution in [3.8, 4) is 0 Å². The summed E-state index contributed by atoms with van der Waals surface area (Å²) in [4.78, 5) is 14.5. The fourth-order valence-electron chi connectivity index (χ4n) is 3.72. The molecule has 2 atom stereocenters. The van der Waals surface area contributed by atoms with E-state index in [1.807, 2.05) is 24.1 Å². The molecule has 2 aliphatic heterocycles. The van der Waals surface area contributed by atoms with Crippen molar-refractivity contribution in [2.45, 2.75) is 52.4 Å². The maximum Gasteiger partial charge on any atom is 0.232 e. The molecule has 0 aromatic carbocycles. The second-order valence-electron chi connectivity index (χ2n) is 7.50. The van der Waals surface area contributed by atoms with Crippen LogP contribution in [0.2, 0.25) is 0 Å². The van der Waals surface area contributed by atoms with E-state index >= 15 is 0 Å². The van der Waals surface area contributed by atoms with Crippen LogP contribution >= 0.6 is 11.6 Å². The zero-order valence-corrected chi connectivity index (χ0v) is 14.7.